The van der Waals surface area contributed by atoms with Crippen molar-refractivity contribution in [2.75, 3.05) is 6.54 Å². The maximum atomic E-state index is 11.8. The minimum absolute atomic E-state index is 0. The molecular weight excluding hydrogens is 381 g/mol. The fourth-order valence-corrected chi connectivity index (χ4v) is 2.65. The van der Waals surface area contributed by atoms with Crippen LogP contribution in [-0.2, 0) is 17.8 Å². The van der Waals surface area contributed by atoms with Gasteiger partial charge in [0.2, 0.25) is 5.91 Å². The predicted molar refractivity (Wildman–Crippen MR) is 107 cm³/mol. The molecule has 1 unspecified atom stereocenters. The molecule has 5 nitrogen and oxygen atoms in total. The number of benzene rings is 1. The van der Waals surface area contributed by atoms with Crippen molar-refractivity contribution in [3.63, 3.8) is 0 Å². The van der Waals surface area contributed by atoms with Gasteiger partial charge < -0.3 is 15.8 Å². The molecular formula is C17H25Cl2N3O2S. The van der Waals surface area contributed by atoms with Gasteiger partial charge in [-0.05, 0) is 32.4 Å². The molecule has 8 heteroatoms. The normalized spacial score (nSPS) is 11.0. The minimum atomic E-state index is -0.0260. The van der Waals surface area contributed by atoms with Crippen molar-refractivity contribution in [3.8, 4) is 5.75 Å². The highest BCUT2D eigenvalue weighted by atomic mass is 35.5. The molecule has 1 atom stereocenters. The van der Waals surface area contributed by atoms with Crippen LogP contribution in [0.2, 0.25) is 0 Å². The van der Waals surface area contributed by atoms with E-state index in [1.165, 1.54) is 16.9 Å². The number of nitrogens with two attached hydrogens (primary N) is 1. The summed E-state index contributed by atoms with van der Waals surface area (Å²) >= 11 is 1.51. The Morgan fingerprint density at radius 1 is 1.32 bits per heavy atom. The zero-order chi connectivity index (χ0) is 16.7. The van der Waals surface area contributed by atoms with Gasteiger partial charge in [-0.3, -0.25) is 4.79 Å². The number of hydrogen-bond donors (Lipinski definition) is 2. The van der Waals surface area contributed by atoms with Crippen LogP contribution in [0.15, 0.2) is 29.6 Å². The van der Waals surface area contributed by atoms with Crippen molar-refractivity contribution in [3.05, 3.63) is 45.9 Å². The molecule has 0 spiro atoms. The molecule has 2 rings (SSSR count). The first-order valence-electron chi connectivity index (χ1n) is 7.68. The number of carbonyl (C=O) groups is 1. The summed E-state index contributed by atoms with van der Waals surface area (Å²) in [6, 6.07) is 8.00. The number of aryl methyl sites for hydroxylation is 1. The molecule has 3 N–H and O–H groups in total. The Labute approximate surface area is 165 Å². The van der Waals surface area contributed by atoms with Gasteiger partial charge in [-0.2, -0.15) is 0 Å². The Balaban J connectivity index is 0.00000288. The number of nitrogens with zero attached hydrogens (tertiary/aromatic N) is 1. The quantitative estimate of drug-likeness (QED) is 0.706. The second-order valence-electron chi connectivity index (χ2n) is 5.63. The summed E-state index contributed by atoms with van der Waals surface area (Å²) in [5.74, 6) is 0.794. The number of ether oxygens (including phenoxy) is 1. The fourth-order valence-electron chi connectivity index (χ4n) is 1.94. The van der Waals surface area contributed by atoms with E-state index in [-0.39, 0.29) is 36.8 Å². The number of rotatable bonds is 8. The molecule has 1 amide bonds. The molecule has 2 aromatic rings. The summed E-state index contributed by atoms with van der Waals surface area (Å²) in [6.45, 7) is 4.98. The third-order valence-corrected chi connectivity index (χ3v) is 4.12. The number of halogens is 2. The van der Waals surface area contributed by atoms with E-state index in [0.29, 0.717) is 19.6 Å². The molecule has 25 heavy (non-hydrogen) atoms. The Bertz CT molecular complexity index is 633. The van der Waals surface area contributed by atoms with Crippen LogP contribution in [0.4, 0.5) is 0 Å². The maximum absolute atomic E-state index is 11.8. The fraction of sp³-hybridized carbons (Fsp3) is 0.412. The van der Waals surface area contributed by atoms with Gasteiger partial charge in [0.25, 0.3) is 0 Å². The second-order valence-corrected chi connectivity index (χ2v) is 6.57. The Hall–Kier alpha value is -1.34. The highest BCUT2D eigenvalue weighted by Crippen LogP contribution is 2.16. The van der Waals surface area contributed by atoms with E-state index in [4.69, 9.17) is 10.5 Å². The lowest BCUT2D eigenvalue weighted by atomic mass is 10.2. The van der Waals surface area contributed by atoms with Gasteiger partial charge in [-0.15, -0.1) is 36.2 Å². The number of thiazole rings is 1. The molecule has 1 aromatic carbocycles. The van der Waals surface area contributed by atoms with Gasteiger partial charge in [0.1, 0.15) is 17.4 Å². The molecule has 0 fully saturated rings. The van der Waals surface area contributed by atoms with Gasteiger partial charge in [0, 0.05) is 18.0 Å². The van der Waals surface area contributed by atoms with Crippen molar-refractivity contribution in [2.45, 2.75) is 39.3 Å². The van der Waals surface area contributed by atoms with E-state index in [1.54, 1.807) is 0 Å². The van der Waals surface area contributed by atoms with Crippen molar-refractivity contribution in [1.29, 1.82) is 0 Å². The van der Waals surface area contributed by atoms with Crippen LogP contribution < -0.4 is 15.8 Å². The van der Waals surface area contributed by atoms with Gasteiger partial charge in [-0.25, -0.2) is 4.98 Å². The third kappa shape index (κ3) is 9.07. The van der Waals surface area contributed by atoms with Crippen LogP contribution in [0.1, 0.15) is 29.6 Å². The summed E-state index contributed by atoms with van der Waals surface area (Å²) in [5, 5.41) is 5.62. The van der Waals surface area contributed by atoms with E-state index in [9.17, 15) is 4.79 Å². The van der Waals surface area contributed by atoms with E-state index in [0.717, 1.165) is 22.9 Å². The molecule has 0 aliphatic carbocycles. The first-order valence-corrected chi connectivity index (χ1v) is 8.56. The van der Waals surface area contributed by atoms with Crippen LogP contribution >= 0.6 is 36.2 Å². The second kappa shape index (κ2) is 12.1. The Morgan fingerprint density at radius 3 is 2.64 bits per heavy atom. The summed E-state index contributed by atoms with van der Waals surface area (Å²) in [7, 11) is 0. The smallest absolute Gasteiger partial charge is 0.226 e. The van der Waals surface area contributed by atoms with E-state index >= 15 is 0 Å². The molecule has 0 saturated carbocycles. The number of nitrogens with one attached hydrogen (secondary N) is 1. The predicted octanol–water partition coefficient (Wildman–Crippen LogP) is 3.27. The molecule has 0 aliphatic rings. The van der Waals surface area contributed by atoms with Crippen LogP contribution in [0.3, 0.4) is 0 Å². The third-order valence-electron chi connectivity index (χ3n) is 3.25. The number of hydrogen-bond acceptors (Lipinski definition) is 5. The molecule has 1 heterocycles. The zero-order valence-electron chi connectivity index (χ0n) is 14.4. The van der Waals surface area contributed by atoms with Gasteiger partial charge in [0.05, 0.1) is 12.1 Å². The van der Waals surface area contributed by atoms with Crippen LogP contribution in [-0.4, -0.2) is 23.5 Å². The number of amides is 1. The molecule has 1 aromatic heterocycles. The van der Waals surface area contributed by atoms with E-state index in [1.807, 2.05) is 43.5 Å². The first kappa shape index (κ1) is 23.7. The van der Waals surface area contributed by atoms with Crippen molar-refractivity contribution in [1.82, 2.24) is 10.3 Å². The molecule has 0 bridgehead atoms. The highest BCUT2D eigenvalue weighted by Gasteiger charge is 2.08. The van der Waals surface area contributed by atoms with E-state index < -0.39 is 0 Å². The lowest BCUT2D eigenvalue weighted by Gasteiger charge is -2.06. The van der Waals surface area contributed by atoms with Crippen molar-refractivity contribution >= 4 is 42.1 Å². The molecule has 0 radical (unpaired) electrons. The van der Waals surface area contributed by atoms with Gasteiger partial charge >= 0.3 is 0 Å². The minimum Gasteiger partial charge on any atom is -0.486 e. The van der Waals surface area contributed by atoms with E-state index in [2.05, 4.69) is 10.3 Å². The lowest BCUT2D eigenvalue weighted by Crippen LogP contribution is -2.30. The number of aromatic nitrogens is 1. The van der Waals surface area contributed by atoms with Crippen LogP contribution in [0, 0.1) is 6.92 Å². The monoisotopic (exact) mass is 405 g/mol. The number of carbonyl (C=O) groups excluding carboxylic acids is 1. The van der Waals surface area contributed by atoms with Crippen molar-refractivity contribution in [2.24, 2.45) is 5.73 Å². The summed E-state index contributed by atoms with van der Waals surface area (Å²) in [5.41, 5.74) is 7.62. The van der Waals surface area contributed by atoms with Gasteiger partial charge in [-0.1, -0.05) is 17.7 Å². The zero-order valence-corrected chi connectivity index (χ0v) is 16.8. The summed E-state index contributed by atoms with van der Waals surface area (Å²) in [4.78, 5) is 16.2. The topological polar surface area (TPSA) is 77.2 Å². The average Bonchev–Trinajstić information content (AvgIpc) is 2.93. The maximum Gasteiger partial charge on any atom is 0.226 e. The van der Waals surface area contributed by atoms with Crippen LogP contribution in [0.5, 0.6) is 5.75 Å². The highest BCUT2D eigenvalue weighted by molar-refractivity contribution is 7.09. The Morgan fingerprint density at radius 2 is 2.00 bits per heavy atom. The average molecular weight is 406 g/mol. The lowest BCUT2D eigenvalue weighted by molar-refractivity contribution is -0.120. The summed E-state index contributed by atoms with van der Waals surface area (Å²) in [6.07, 6.45) is 1.07. The van der Waals surface area contributed by atoms with Crippen molar-refractivity contribution < 1.29 is 9.53 Å². The first-order chi connectivity index (χ1) is 11.0. The summed E-state index contributed by atoms with van der Waals surface area (Å²) < 4.78 is 5.69. The standard InChI is InChI=1S/C17H23N3O2S.2ClH/c1-12-3-5-15(6-4-12)22-10-17-20-14(11-23-17)9-16(21)19-8-7-13(2)18;;/h3-6,11,13H,7-10,18H2,1-2H3,(H,19,21);2*1H. The molecule has 140 valence electrons. The molecule has 0 aliphatic heterocycles. The Kier molecular flexibility index (Phi) is 11.4. The van der Waals surface area contributed by atoms with Gasteiger partial charge in [0.15, 0.2) is 0 Å². The molecule has 0 saturated heterocycles. The van der Waals surface area contributed by atoms with Crippen LogP contribution in [0.25, 0.3) is 0 Å². The SMILES string of the molecule is Cc1ccc(OCc2nc(CC(=O)NCCC(C)N)cs2)cc1.Cl.Cl. The largest absolute Gasteiger partial charge is 0.486 e.